The van der Waals surface area contributed by atoms with Gasteiger partial charge in [-0.2, -0.15) is 0 Å². The molecule has 16 heavy (non-hydrogen) atoms. The zero-order valence-corrected chi connectivity index (χ0v) is 10.6. The Labute approximate surface area is 104 Å². The number of nitrogens with one attached hydrogen (secondary N) is 1. The summed E-state index contributed by atoms with van der Waals surface area (Å²) >= 11 is 0. The van der Waals surface area contributed by atoms with Crippen LogP contribution in [0.4, 0.5) is 0 Å². The van der Waals surface area contributed by atoms with E-state index in [1.807, 2.05) is 0 Å². The summed E-state index contributed by atoms with van der Waals surface area (Å²) in [6, 6.07) is 0. The van der Waals surface area contributed by atoms with E-state index in [4.69, 9.17) is 5.73 Å². The molecule has 0 aromatic heterocycles. The fourth-order valence-electron chi connectivity index (χ4n) is 3.27. The van der Waals surface area contributed by atoms with Crippen LogP contribution in [0.15, 0.2) is 0 Å². The molecular weight excluding hydrogens is 224 g/mol. The minimum atomic E-state index is 0. The fourth-order valence-corrected chi connectivity index (χ4v) is 3.27. The highest BCUT2D eigenvalue weighted by atomic mass is 35.5. The van der Waals surface area contributed by atoms with Crippen LogP contribution in [0.1, 0.15) is 38.5 Å². The van der Waals surface area contributed by atoms with Crippen molar-refractivity contribution in [1.29, 1.82) is 0 Å². The van der Waals surface area contributed by atoms with Crippen LogP contribution in [0.25, 0.3) is 0 Å². The van der Waals surface area contributed by atoms with Crippen LogP contribution < -0.4 is 11.1 Å². The van der Waals surface area contributed by atoms with Gasteiger partial charge in [0, 0.05) is 13.0 Å². The second-order valence-electron chi connectivity index (χ2n) is 5.13. The molecule has 0 saturated heterocycles. The number of hydrogen-bond acceptors (Lipinski definition) is 2. The van der Waals surface area contributed by atoms with E-state index in [-0.39, 0.29) is 18.3 Å². The van der Waals surface area contributed by atoms with E-state index in [0.717, 1.165) is 31.2 Å². The summed E-state index contributed by atoms with van der Waals surface area (Å²) in [4.78, 5) is 11.6. The van der Waals surface area contributed by atoms with Gasteiger partial charge in [0.15, 0.2) is 0 Å². The summed E-state index contributed by atoms with van der Waals surface area (Å²) in [7, 11) is 0. The predicted octanol–water partition coefficient (Wildman–Crippen LogP) is 1.70. The highest BCUT2D eigenvalue weighted by molar-refractivity contribution is 5.85. The lowest BCUT2D eigenvalue weighted by molar-refractivity contribution is -0.122. The summed E-state index contributed by atoms with van der Waals surface area (Å²) in [5.74, 6) is 2.72. The number of carbonyl (C=O) groups excluding carboxylic acids is 1. The number of hydrogen-bond donors (Lipinski definition) is 2. The highest BCUT2D eigenvalue weighted by Gasteiger charge is 2.39. The monoisotopic (exact) mass is 246 g/mol. The summed E-state index contributed by atoms with van der Waals surface area (Å²) in [6.07, 6.45) is 7.12. The topological polar surface area (TPSA) is 55.1 Å². The van der Waals surface area contributed by atoms with Crippen LogP contribution in [-0.2, 0) is 4.79 Å². The third kappa shape index (κ3) is 3.36. The average molecular weight is 247 g/mol. The summed E-state index contributed by atoms with van der Waals surface area (Å²) in [5.41, 5.74) is 5.38. The fraction of sp³-hybridized carbons (Fsp3) is 0.917. The lowest BCUT2D eigenvalue weighted by Crippen LogP contribution is -2.29. The van der Waals surface area contributed by atoms with Gasteiger partial charge >= 0.3 is 0 Å². The Morgan fingerprint density at radius 1 is 1.31 bits per heavy atom. The molecule has 3 unspecified atom stereocenters. The Kier molecular flexibility index (Phi) is 5.56. The Hall–Kier alpha value is -0.280. The van der Waals surface area contributed by atoms with Crippen molar-refractivity contribution in [3.63, 3.8) is 0 Å². The molecule has 0 aromatic rings. The Bertz CT molecular complexity index is 235. The molecule has 4 heteroatoms. The molecule has 1 amide bonds. The molecule has 0 aliphatic heterocycles. The molecule has 2 saturated carbocycles. The maximum absolute atomic E-state index is 11.6. The van der Waals surface area contributed by atoms with Gasteiger partial charge < -0.3 is 11.1 Å². The minimum absolute atomic E-state index is 0. The van der Waals surface area contributed by atoms with E-state index in [1.54, 1.807) is 0 Å². The first-order chi connectivity index (χ1) is 7.29. The van der Waals surface area contributed by atoms with Crippen LogP contribution in [0.5, 0.6) is 0 Å². The first kappa shape index (κ1) is 13.8. The largest absolute Gasteiger partial charge is 0.356 e. The maximum atomic E-state index is 11.6. The van der Waals surface area contributed by atoms with Gasteiger partial charge in [-0.15, -0.1) is 12.4 Å². The summed E-state index contributed by atoms with van der Waals surface area (Å²) in [5, 5.41) is 2.95. The Balaban J connectivity index is 0.00000128. The van der Waals surface area contributed by atoms with Crippen molar-refractivity contribution < 1.29 is 4.79 Å². The molecule has 2 fully saturated rings. The second-order valence-corrected chi connectivity index (χ2v) is 5.13. The molecule has 0 heterocycles. The third-order valence-corrected chi connectivity index (χ3v) is 4.04. The number of nitrogens with two attached hydrogens (primary N) is 1. The number of carbonyl (C=O) groups is 1. The zero-order valence-electron chi connectivity index (χ0n) is 9.78. The van der Waals surface area contributed by atoms with Crippen molar-refractivity contribution >= 4 is 18.3 Å². The first-order valence-electron chi connectivity index (χ1n) is 6.26. The molecule has 2 bridgehead atoms. The van der Waals surface area contributed by atoms with Crippen molar-refractivity contribution in [2.75, 3.05) is 13.1 Å². The molecule has 2 aliphatic carbocycles. The van der Waals surface area contributed by atoms with Crippen LogP contribution in [0.2, 0.25) is 0 Å². The molecule has 3 nitrogen and oxygen atoms in total. The van der Waals surface area contributed by atoms with Crippen molar-refractivity contribution in [2.24, 2.45) is 23.5 Å². The van der Waals surface area contributed by atoms with Crippen molar-refractivity contribution in [3.05, 3.63) is 0 Å². The normalized spacial score (nSPS) is 31.2. The number of amides is 1. The van der Waals surface area contributed by atoms with Gasteiger partial charge in [0.1, 0.15) is 0 Å². The molecule has 3 atom stereocenters. The van der Waals surface area contributed by atoms with Gasteiger partial charge in [0.2, 0.25) is 5.91 Å². The van der Waals surface area contributed by atoms with Gasteiger partial charge in [-0.3, -0.25) is 4.79 Å². The van der Waals surface area contributed by atoms with Gasteiger partial charge in [-0.25, -0.2) is 0 Å². The third-order valence-electron chi connectivity index (χ3n) is 4.04. The van der Waals surface area contributed by atoms with E-state index in [9.17, 15) is 4.79 Å². The minimum Gasteiger partial charge on any atom is -0.356 e. The molecule has 0 aromatic carbocycles. The van der Waals surface area contributed by atoms with Crippen LogP contribution >= 0.6 is 12.4 Å². The van der Waals surface area contributed by atoms with Crippen molar-refractivity contribution in [1.82, 2.24) is 5.32 Å². The quantitative estimate of drug-likeness (QED) is 0.726. The van der Waals surface area contributed by atoms with E-state index in [0.29, 0.717) is 12.5 Å². The molecular formula is C12H23ClN2O. The zero-order chi connectivity index (χ0) is 10.7. The molecule has 2 aliphatic rings. The molecule has 0 spiro atoms. The van der Waals surface area contributed by atoms with Crippen LogP contribution in [-0.4, -0.2) is 19.0 Å². The van der Waals surface area contributed by atoms with Crippen molar-refractivity contribution in [3.8, 4) is 0 Å². The lowest BCUT2D eigenvalue weighted by Gasteiger charge is -2.20. The van der Waals surface area contributed by atoms with Gasteiger partial charge in [-0.05, 0) is 50.0 Å². The smallest absolute Gasteiger partial charge is 0.220 e. The molecule has 94 valence electrons. The van der Waals surface area contributed by atoms with Gasteiger partial charge in [0.05, 0.1) is 0 Å². The van der Waals surface area contributed by atoms with Crippen LogP contribution in [0, 0.1) is 17.8 Å². The van der Waals surface area contributed by atoms with Crippen LogP contribution in [0.3, 0.4) is 0 Å². The highest BCUT2D eigenvalue weighted by Crippen LogP contribution is 2.49. The van der Waals surface area contributed by atoms with Gasteiger partial charge in [-0.1, -0.05) is 6.42 Å². The first-order valence-corrected chi connectivity index (χ1v) is 6.26. The average Bonchev–Trinajstić information content (AvgIpc) is 2.79. The van der Waals surface area contributed by atoms with E-state index in [1.165, 1.54) is 25.7 Å². The van der Waals surface area contributed by atoms with Gasteiger partial charge in [0.25, 0.3) is 0 Å². The SMILES string of the molecule is Cl.NCCCNC(=O)CC1CC2CCC1C2. The number of halogens is 1. The number of rotatable bonds is 5. The Morgan fingerprint density at radius 2 is 2.12 bits per heavy atom. The van der Waals surface area contributed by atoms with E-state index in [2.05, 4.69) is 5.32 Å². The second kappa shape index (κ2) is 6.45. The molecule has 2 rings (SSSR count). The summed E-state index contributed by atoms with van der Waals surface area (Å²) in [6.45, 7) is 1.41. The predicted molar refractivity (Wildman–Crippen MR) is 67.5 cm³/mol. The van der Waals surface area contributed by atoms with E-state index >= 15 is 0 Å². The molecule has 0 radical (unpaired) electrons. The van der Waals surface area contributed by atoms with Crippen molar-refractivity contribution in [2.45, 2.75) is 38.5 Å². The standard InChI is InChI=1S/C12H22N2O.ClH/c13-4-1-5-14-12(15)8-11-7-9-2-3-10(11)6-9;/h9-11H,1-8,13H2,(H,14,15);1H. The lowest BCUT2D eigenvalue weighted by atomic mass is 9.86. The Morgan fingerprint density at radius 3 is 2.69 bits per heavy atom. The summed E-state index contributed by atoms with van der Waals surface area (Å²) < 4.78 is 0. The molecule has 3 N–H and O–H groups in total. The number of fused-ring (bicyclic) bond motifs is 2. The maximum Gasteiger partial charge on any atom is 0.220 e. The van der Waals surface area contributed by atoms with E-state index < -0.39 is 0 Å².